The molecule has 0 unspecified atom stereocenters. The van der Waals surface area contributed by atoms with E-state index < -0.39 is 8.07 Å². The number of hydrogen-bond donors (Lipinski definition) is 0. The fourth-order valence-electron chi connectivity index (χ4n) is 7.06. The Kier molecular flexibility index (Phi) is 7.52. The maximum atomic E-state index is 5.33. The van der Waals surface area contributed by atoms with Crippen LogP contribution in [0, 0.1) is 0 Å². The van der Waals surface area contributed by atoms with Gasteiger partial charge in [0.2, 0.25) is 0 Å². The first-order chi connectivity index (χ1) is 25.0. The predicted octanol–water partition coefficient (Wildman–Crippen LogP) is 9.47. The zero-order valence-corrected chi connectivity index (χ0v) is 29.3. The van der Waals surface area contributed by atoms with Crippen LogP contribution >= 0.6 is 0 Å². The van der Waals surface area contributed by atoms with Crippen molar-refractivity contribution >= 4 is 18.6 Å². The van der Waals surface area contributed by atoms with Crippen LogP contribution in [-0.4, -0.2) is 33.0 Å². The lowest BCUT2D eigenvalue weighted by atomic mass is 9.99. The quantitative estimate of drug-likeness (QED) is 0.165. The first-order valence-electron chi connectivity index (χ1n) is 17.2. The Bertz CT molecular complexity index is 2480. The zero-order chi connectivity index (χ0) is 34.4. The highest BCUT2D eigenvalue weighted by Crippen LogP contribution is 2.36. The Hall–Kier alpha value is -6.37. The molecule has 9 rings (SSSR count). The predicted molar refractivity (Wildman–Crippen MR) is 210 cm³/mol. The fraction of sp³-hybridized carbons (Fsp3) is 0.0444. The van der Waals surface area contributed by atoms with E-state index in [9.17, 15) is 0 Å². The second-order valence-electron chi connectivity index (χ2n) is 13.4. The minimum atomic E-state index is -2.03. The molecule has 51 heavy (non-hydrogen) atoms. The molecule has 0 saturated carbocycles. The van der Waals surface area contributed by atoms with Crippen molar-refractivity contribution in [2.24, 2.45) is 0 Å². The lowest BCUT2D eigenvalue weighted by Crippen LogP contribution is -2.50. The van der Waals surface area contributed by atoms with Crippen LogP contribution in [0.15, 0.2) is 164 Å². The van der Waals surface area contributed by atoms with E-state index >= 15 is 0 Å². The molecule has 5 nitrogen and oxygen atoms in total. The van der Waals surface area contributed by atoms with Gasteiger partial charge in [0.1, 0.15) is 8.07 Å². The molecule has 6 heteroatoms. The molecule has 0 fully saturated rings. The van der Waals surface area contributed by atoms with E-state index in [2.05, 4.69) is 116 Å². The second kappa shape index (κ2) is 12.5. The molecule has 1 aliphatic heterocycles. The summed E-state index contributed by atoms with van der Waals surface area (Å²) < 4.78 is 0. The van der Waals surface area contributed by atoms with E-state index in [1.54, 1.807) is 0 Å². The molecular formula is C45H33N5Si. The average Bonchev–Trinajstić information content (AvgIpc) is 3.44. The number of benzene rings is 6. The number of hydrogen-bond acceptors (Lipinski definition) is 5. The van der Waals surface area contributed by atoms with E-state index in [0.717, 1.165) is 50.5 Å². The Morgan fingerprint density at radius 1 is 0.353 bits per heavy atom. The van der Waals surface area contributed by atoms with Gasteiger partial charge in [0.15, 0.2) is 23.3 Å². The Morgan fingerprint density at radius 3 is 1.43 bits per heavy atom. The highest BCUT2D eigenvalue weighted by molar-refractivity contribution is 7.03. The Balaban J connectivity index is 1.10. The van der Waals surface area contributed by atoms with Crippen molar-refractivity contribution in [3.8, 4) is 79.1 Å². The number of rotatable bonds is 6. The van der Waals surface area contributed by atoms with Gasteiger partial charge >= 0.3 is 0 Å². The normalized spacial score (nSPS) is 12.7. The van der Waals surface area contributed by atoms with Gasteiger partial charge in [0.25, 0.3) is 0 Å². The molecule has 0 N–H and O–H groups in total. The van der Waals surface area contributed by atoms with Gasteiger partial charge in [0, 0.05) is 38.7 Å². The minimum absolute atomic E-state index is 0.633. The smallest absolute Gasteiger partial charge is 0.164 e. The maximum Gasteiger partial charge on any atom is 0.164 e. The van der Waals surface area contributed by atoms with Crippen molar-refractivity contribution in [1.82, 2.24) is 24.9 Å². The van der Waals surface area contributed by atoms with Crippen LogP contribution in [0.25, 0.3) is 79.1 Å². The summed E-state index contributed by atoms with van der Waals surface area (Å²) in [6, 6.07) is 56.4. The molecule has 0 bridgehead atoms. The minimum Gasteiger partial charge on any atom is -0.237 e. The molecule has 6 aromatic carbocycles. The highest BCUT2D eigenvalue weighted by atomic mass is 28.3. The van der Waals surface area contributed by atoms with Gasteiger partial charge in [-0.25, -0.2) is 24.9 Å². The zero-order valence-electron chi connectivity index (χ0n) is 28.3. The summed E-state index contributed by atoms with van der Waals surface area (Å²) in [5.74, 6) is 2.68. The molecule has 0 atom stereocenters. The van der Waals surface area contributed by atoms with Crippen LogP contribution < -0.4 is 10.5 Å². The van der Waals surface area contributed by atoms with E-state index in [4.69, 9.17) is 24.9 Å². The van der Waals surface area contributed by atoms with Crippen LogP contribution in [0.4, 0.5) is 0 Å². The summed E-state index contributed by atoms with van der Waals surface area (Å²) in [5.41, 5.74) is 10.6. The van der Waals surface area contributed by atoms with Crippen molar-refractivity contribution in [2.45, 2.75) is 13.1 Å². The lowest BCUT2D eigenvalue weighted by molar-refractivity contribution is 1.07. The van der Waals surface area contributed by atoms with Gasteiger partial charge < -0.3 is 0 Å². The highest BCUT2D eigenvalue weighted by Gasteiger charge is 2.41. The van der Waals surface area contributed by atoms with Gasteiger partial charge in [-0.05, 0) is 27.9 Å². The van der Waals surface area contributed by atoms with Crippen LogP contribution in [0.5, 0.6) is 0 Å². The molecule has 8 aromatic rings. The van der Waals surface area contributed by atoms with Gasteiger partial charge in [0.05, 0.1) is 5.69 Å². The first-order valence-corrected chi connectivity index (χ1v) is 20.2. The SMILES string of the molecule is C[Si]1(C)c2ccccc2-c2c(-c3ccccc3)nc(-c3ccc(-c4cccc(-c5nc(-c6ccccc6)nc(-c6ccccc6)n5)c4)cc3)nc21. The third-order valence-electron chi connectivity index (χ3n) is 9.71. The lowest BCUT2D eigenvalue weighted by Gasteiger charge is -2.19. The number of nitrogens with zero attached hydrogens (tertiary/aromatic N) is 5. The maximum absolute atomic E-state index is 5.33. The average molecular weight is 672 g/mol. The van der Waals surface area contributed by atoms with Crippen molar-refractivity contribution in [3.05, 3.63) is 164 Å². The number of fused-ring (bicyclic) bond motifs is 3. The van der Waals surface area contributed by atoms with Gasteiger partial charge in [-0.2, -0.15) is 0 Å². The van der Waals surface area contributed by atoms with E-state index in [-0.39, 0.29) is 0 Å². The van der Waals surface area contributed by atoms with Gasteiger partial charge in [-0.15, -0.1) is 0 Å². The summed E-state index contributed by atoms with van der Waals surface area (Å²) in [7, 11) is -2.03. The van der Waals surface area contributed by atoms with Crippen molar-refractivity contribution < 1.29 is 0 Å². The molecule has 0 spiro atoms. The summed E-state index contributed by atoms with van der Waals surface area (Å²) in [4.78, 5) is 25.3. The van der Waals surface area contributed by atoms with E-state index in [0.29, 0.717) is 17.5 Å². The van der Waals surface area contributed by atoms with Gasteiger partial charge in [-0.1, -0.05) is 171 Å². The molecule has 0 amide bonds. The number of aromatic nitrogens is 5. The topological polar surface area (TPSA) is 64.5 Å². The van der Waals surface area contributed by atoms with Crippen LogP contribution in [0.2, 0.25) is 13.1 Å². The monoisotopic (exact) mass is 671 g/mol. The summed E-state index contributed by atoms with van der Waals surface area (Å²) in [5, 5.41) is 2.62. The fourth-order valence-corrected chi connectivity index (χ4v) is 9.98. The summed E-state index contributed by atoms with van der Waals surface area (Å²) in [6.07, 6.45) is 0. The van der Waals surface area contributed by atoms with Crippen LogP contribution in [0.3, 0.4) is 0 Å². The van der Waals surface area contributed by atoms with Crippen molar-refractivity contribution in [3.63, 3.8) is 0 Å². The molecule has 1 aliphatic rings. The summed E-state index contributed by atoms with van der Waals surface area (Å²) >= 11 is 0. The molecule has 242 valence electrons. The second-order valence-corrected chi connectivity index (χ2v) is 17.6. The summed E-state index contributed by atoms with van der Waals surface area (Å²) in [6.45, 7) is 4.80. The van der Waals surface area contributed by atoms with Crippen molar-refractivity contribution in [2.75, 3.05) is 0 Å². The van der Waals surface area contributed by atoms with Crippen LogP contribution in [-0.2, 0) is 0 Å². The molecule has 2 aromatic heterocycles. The van der Waals surface area contributed by atoms with E-state index in [1.807, 2.05) is 60.7 Å². The Morgan fingerprint density at radius 2 is 0.804 bits per heavy atom. The van der Waals surface area contributed by atoms with Gasteiger partial charge in [-0.3, -0.25) is 0 Å². The molecule has 3 heterocycles. The standard InChI is InChI=1S/C45H33N5Si/c1-51(2)38-24-13-12-23-37(38)39-40(31-15-6-3-7-16-31)46-41(50-45(39)51)34-27-25-30(26-28-34)35-21-14-22-36(29-35)44-48-42(32-17-8-4-9-18-32)47-43(49-44)33-19-10-5-11-20-33/h3-29H,1-2H3. The molecular weight excluding hydrogens is 639 g/mol. The van der Waals surface area contributed by atoms with E-state index in [1.165, 1.54) is 21.6 Å². The first kappa shape index (κ1) is 30.7. The van der Waals surface area contributed by atoms with Crippen LogP contribution in [0.1, 0.15) is 0 Å². The molecule has 0 radical (unpaired) electrons. The third kappa shape index (κ3) is 5.56. The van der Waals surface area contributed by atoms with Crippen molar-refractivity contribution in [1.29, 1.82) is 0 Å². The third-order valence-corrected chi connectivity index (χ3v) is 13.0. The Labute approximate surface area is 298 Å². The molecule has 0 saturated heterocycles. The largest absolute Gasteiger partial charge is 0.237 e. The molecule has 0 aliphatic carbocycles.